The molecule has 1 aromatic carbocycles. The molecule has 2 aromatic rings. The Kier molecular flexibility index (Phi) is 8.16. The van der Waals surface area contributed by atoms with Gasteiger partial charge in [-0.3, -0.25) is 9.69 Å². The second kappa shape index (κ2) is 10.8. The Hall–Kier alpha value is -2.06. The zero-order chi connectivity index (χ0) is 21.5. The van der Waals surface area contributed by atoms with Crippen molar-refractivity contribution in [2.24, 2.45) is 0 Å². The number of nitrogens with one attached hydrogen (secondary N) is 1. The second-order valence-electron chi connectivity index (χ2n) is 7.82. The lowest BCUT2D eigenvalue weighted by Gasteiger charge is -2.26. The molecule has 2 heterocycles. The molecular weight excluding hydrogens is 398 g/mol. The van der Waals surface area contributed by atoms with Crippen LogP contribution in [-0.4, -0.2) is 52.0 Å². The number of thioether (sulfide) groups is 1. The van der Waals surface area contributed by atoms with Gasteiger partial charge in [-0.2, -0.15) is 0 Å². The third kappa shape index (κ3) is 5.35. The van der Waals surface area contributed by atoms with Crippen molar-refractivity contribution in [3.05, 3.63) is 35.7 Å². The van der Waals surface area contributed by atoms with Crippen LogP contribution in [0.4, 0.5) is 0 Å². The average molecular weight is 432 g/mol. The number of carbonyl (C=O) groups excluding carboxylic acids is 1. The minimum Gasteiger partial charge on any atom is -0.493 e. The molecule has 3 rings (SSSR count). The van der Waals surface area contributed by atoms with Gasteiger partial charge in [0.2, 0.25) is 5.91 Å². The number of fused-ring (bicyclic) bond motifs is 1. The van der Waals surface area contributed by atoms with E-state index in [0.29, 0.717) is 12.4 Å². The topological polar surface area (TPSA) is 72.3 Å². The van der Waals surface area contributed by atoms with Gasteiger partial charge < -0.3 is 14.6 Å². The van der Waals surface area contributed by atoms with E-state index in [9.17, 15) is 4.79 Å². The molecule has 0 radical (unpaired) electrons. The third-order valence-corrected chi connectivity index (χ3v) is 6.38. The van der Waals surface area contributed by atoms with E-state index in [1.165, 1.54) is 11.8 Å². The zero-order valence-corrected chi connectivity index (χ0v) is 19.2. The maximum absolute atomic E-state index is 12.7. The first-order chi connectivity index (χ1) is 14.5. The summed E-state index contributed by atoms with van der Waals surface area (Å²) in [6.45, 7) is 5.84. The number of benzene rings is 1. The average Bonchev–Trinajstić information content (AvgIpc) is 3.13. The highest BCUT2D eigenvalue weighted by Gasteiger charge is 2.24. The van der Waals surface area contributed by atoms with Crippen LogP contribution >= 0.6 is 11.8 Å². The molecule has 8 heteroatoms. The number of carbonyl (C=O) groups is 1. The maximum Gasteiger partial charge on any atom is 0.230 e. The summed E-state index contributed by atoms with van der Waals surface area (Å²) in [7, 11) is 4.14. The standard InChI is InChI=1S/C22H33N5O2S/c1-5-7-13-27-21(18(6-2)26(3)4)24-25-22(27)30-15-20(28)23-17-12-14-29-19-11-9-8-10-16(17)19/h8-11,17-18H,5-7,12-15H2,1-4H3,(H,23,28). The van der Waals surface area contributed by atoms with Crippen molar-refractivity contribution in [3.63, 3.8) is 0 Å². The summed E-state index contributed by atoms with van der Waals surface area (Å²) in [5, 5.41) is 12.9. The van der Waals surface area contributed by atoms with Crippen LogP contribution in [0, 0.1) is 0 Å². The van der Waals surface area contributed by atoms with E-state index in [4.69, 9.17) is 4.74 Å². The number of aromatic nitrogens is 3. The van der Waals surface area contributed by atoms with Gasteiger partial charge in [-0.1, -0.05) is 50.2 Å². The summed E-state index contributed by atoms with van der Waals surface area (Å²) in [4.78, 5) is 14.9. The highest BCUT2D eigenvalue weighted by molar-refractivity contribution is 7.99. The van der Waals surface area contributed by atoms with Crippen LogP contribution < -0.4 is 10.1 Å². The molecule has 1 aliphatic rings. The molecule has 2 unspecified atom stereocenters. The van der Waals surface area contributed by atoms with E-state index >= 15 is 0 Å². The summed E-state index contributed by atoms with van der Waals surface area (Å²) < 4.78 is 7.88. The molecule has 7 nitrogen and oxygen atoms in total. The van der Waals surface area contributed by atoms with E-state index in [1.54, 1.807) is 0 Å². The Bertz CT molecular complexity index is 839. The number of para-hydroxylation sites is 1. The van der Waals surface area contributed by atoms with E-state index in [1.807, 2.05) is 24.3 Å². The van der Waals surface area contributed by atoms with Crippen molar-refractivity contribution in [1.82, 2.24) is 25.0 Å². The predicted octanol–water partition coefficient (Wildman–Crippen LogP) is 3.82. The van der Waals surface area contributed by atoms with Crippen LogP contribution in [0.25, 0.3) is 0 Å². The summed E-state index contributed by atoms with van der Waals surface area (Å²) in [5.41, 5.74) is 1.05. The molecular formula is C22H33N5O2S. The Morgan fingerprint density at radius 3 is 2.87 bits per heavy atom. The maximum atomic E-state index is 12.7. The molecule has 30 heavy (non-hydrogen) atoms. The van der Waals surface area contributed by atoms with E-state index < -0.39 is 0 Å². The molecule has 0 spiro atoms. The number of nitrogens with zero attached hydrogens (tertiary/aromatic N) is 4. The van der Waals surface area contributed by atoms with Gasteiger partial charge in [0.05, 0.1) is 24.4 Å². The molecule has 1 aliphatic heterocycles. The quantitative estimate of drug-likeness (QED) is 0.577. The molecule has 0 saturated heterocycles. The third-order valence-electron chi connectivity index (χ3n) is 5.41. The van der Waals surface area contributed by atoms with Gasteiger partial charge in [0.25, 0.3) is 0 Å². The summed E-state index contributed by atoms with van der Waals surface area (Å²) in [6.07, 6.45) is 3.91. The summed E-state index contributed by atoms with van der Waals surface area (Å²) in [5.74, 6) is 2.17. The first kappa shape index (κ1) is 22.6. The molecule has 1 N–H and O–H groups in total. The van der Waals surface area contributed by atoms with Gasteiger partial charge in [-0.05, 0) is 33.0 Å². The van der Waals surface area contributed by atoms with Crippen LogP contribution in [0.15, 0.2) is 29.4 Å². The van der Waals surface area contributed by atoms with Crippen LogP contribution in [0.3, 0.4) is 0 Å². The minimum absolute atomic E-state index is 0.00483. The van der Waals surface area contributed by atoms with Gasteiger partial charge in [0.15, 0.2) is 11.0 Å². The first-order valence-corrected chi connectivity index (χ1v) is 11.8. The number of ether oxygens (including phenoxy) is 1. The molecule has 0 bridgehead atoms. The second-order valence-corrected chi connectivity index (χ2v) is 8.76. The van der Waals surface area contributed by atoms with Crippen LogP contribution in [0.2, 0.25) is 0 Å². The highest BCUT2D eigenvalue weighted by atomic mass is 32.2. The lowest BCUT2D eigenvalue weighted by Crippen LogP contribution is -2.33. The molecule has 1 amide bonds. The van der Waals surface area contributed by atoms with E-state index in [2.05, 4.69) is 52.9 Å². The smallest absolute Gasteiger partial charge is 0.230 e. The van der Waals surface area contributed by atoms with E-state index in [-0.39, 0.29) is 18.0 Å². The fourth-order valence-electron chi connectivity index (χ4n) is 3.82. The van der Waals surface area contributed by atoms with Crippen molar-refractivity contribution in [2.75, 3.05) is 26.5 Å². The molecule has 1 aromatic heterocycles. The van der Waals surface area contributed by atoms with Gasteiger partial charge in [-0.25, -0.2) is 0 Å². The molecule has 2 atom stereocenters. The Morgan fingerprint density at radius 2 is 2.13 bits per heavy atom. The Balaban J connectivity index is 1.66. The fourth-order valence-corrected chi connectivity index (χ4v) is 4.60. The van der Waals surface area contributed by atoms with Crippen LogP contribution in [0.5, 0.6) is 5.75 Å². The number of rotatable bonds is 10. The number of hydrogen-bond acceptors (Lipinski definition) is 6. The monoisotopic (exact) mass is 431 g/mol. The first-order valence-electron chi connectivity index (χ1n) is 10.8. The van der Waals surface area contributed by atoms with E-state index in [0.717, 1.165) is 54.5 Å². The predicted molar refractivity (Wildman–Crippen MR) is 120 cm³/mol. The number of amides is 1. The molecule has 164 valence electrons. The molecule has 0 fully saturated rings. The van der Waals surface area contributed by atoms with Crippen molar-refractivity contribution >= 4 is 17.7 Å². The van der Waals surface area contributed by atoms with Gasteiger partial charge >= 0.3 is 0 Å². The number of hydrogen-bond donors (Lipinski definition) is 1. The molecule has 0 saturated carbocycles. The highest BCUT2D eigenvalue weighted by Crippen LogP contribution is 2.32. The van der Waals surface area contributed by atoms with Gasteiger partial charge in [0, 0.05) is 18.5 Å². The summed E-state index contributed by atoms with van der Waals surface area (Å²) >= 11 is 1.46. The van der Waals surface area contributed by atoms with Crippen molar-refractivity contribution in [2.45, 2.75) is 63.3 Å². The van der Waals surface area contributed by atoms with Crippen molar-refractivity contribution < 1.29 is 9.53 Å². The zero-order valence-electron chi connectivity index (χ0n) is 18.4. The molecule has 0 aliphatic carbocycles. The van der Waals surface area contributed by atoms with Gasteiger partial charge in [0.1, 0.15) is 5.75 Å². The lowest BCUT2D eigenvalue weighted by molar-refractivity contribution is -0.119. The Labute approximate surface area is 183 Å². The number of unbranched alkanes of at least 4 members (excludes halogenated alkanes) is 1. The van der Waals surface area contributed by atoms with Gasteiger partial charge in [-0.15, -0.1) is 10.2 Å². The largest absolute Gasteiger partial charge is 0.493 e. The van der Waals surface area contributed by atoms with Crippen LogP contribution in [-0.2, 0) is 11.3 Å². The van der Waals surface area contributed by atoms with Crippen molar-refractivity contribution in [3.8, 4) is 5.75 Å². The lowest BCUT2D eigenvalue weighted by atomic mass is 10.0. The fraction of sp³-hybridized carbons (Fsp3) is 0.591. The minimum atomic E-state index is -0.00483. The van der Waals surface area contributed by atoms with Crippen molar-refractivity contribution in [1.29, 1.82) is 0 Å². The normalized spacial score (nSPS) is 16.8. The summed E-state index contributed by atoms with van der Waals surface area (Å²) in [6, 6.07) is 8.12. The van der Waals surface area contributed by atoms with Crippen LogP contribution in [0.1, 0.15) is 63.0 Å². The Morgan fingerprint density at radius 1 is 1.33 bits per heavy atom. The SMILES string of the molecule is CCCCn1c(SCC(=O)NC2CCOc3ccccc32)nnc1C(CC)N(C)C.